The van der Waals surface area contributed by atoms with E-state index in [2.05, 4.69) is 33.4 Å². The van der Waals surface area contributed by atoms with E-state index in [9.17, 15) is 4.79 Å². The second-order valence-electron chi connectivity index (χ2n) is 5.03. The minimum Gasteiger partial charge on any atom is -0.484 e. The topological polar surface area (TPSA) is 50.7 Å². The van der Waals surface area contributed by atoms with Gasteiger partial charge >= 0.3 is 0 Å². The van der Waals surface area contributed by atoms with E-state index in [4.69, 9.17) is 4.74 Å². The lowest BCUT2D eigenvalue weighted by molar-refractivity contribution is -0.123. The molecule has 0 radical (unpaired) electrons. The van der Waals surface area contributed by atoms with Crippen molar-refractivity contribution in [3.05, 3.63) is 64.1 Å². The van der Waals surface area contributed by atoms with Crippen molar-refractivity contribution in [2.75, 3.05) is 6.61 Å². The number of aryl methyl sites for hydroxylation is 1. The standard InChI is InChI=1S/C18H19BrN2O2/c1-3-14-4-10-17(11-5-14)23-12-18(22)21-20-13(2)15-6-8-16(19)9-7-15/h4-11H,3,12H2,1-2H3,(H,21,22). The Labute approximate surface area is 144 Å². The van der Waals surface area contributed by atoms with Crippen molar-refractivity contribution < 1.29 is 9.53 Å². The Morgan fingerprint density at radius 1 is 1.13 bits per heavy atom. The van der Waals surface area contributed by atoms with Gasteiger partial charge in [0.1, 0.15) is 5.75 Å². The van der Waals surface area contributed by atoms with Crippen molar-refractivity contribution in [3.63, 3.8) is 0 Å². The molecule has 0 atom stereocenters. The number of benzene rings is 2. The second-order valence-corrected chi connectivity index (χ2v) is 5.94. The maximum Gasteiger partial charge on any atom is 0.277 e. The minimum absolute atomic E-state index is 0.0669. The first-order valence-electron chi connectivity index (χ1n) is 7.39. The highest BCUT2D eigenvalue weighted by molar-refractivity contribution is 9.10. The molecule has 0 aliphatic heterocycles. The van der Waals surface area contributed by atoms with Gasteiger partial charge in [0.15, 0.2) is 6.61 Å². The maximum atomic E-state index is 11.8. The summed E-state index contributed by atoms with van der Waals surface area (Å²) in [7, 11) is 0. The van der Waals surface area contributed by atoms with Gasteiger partial charge in [0.25, 0.3) is 5.91 Å². The van der Waals surface area contributed by atoms with Gasteiger partial charge in [-0.15, -0.1) is 0 Å². The van der Waals surface area contributed by atoms with Crippen LogP contribution in [-0.2, 0) is 11.2 Å². The van der Waals surface area contributed by atoms with Gasteiger partial charge in [-0.3, -0.25) is 4.79 Å². The molecule has 0 saturated carbocycles. The van der Waals surface area contributed by atoms with E-state index in [0.717, 1.165) is 22.2 Å². The van der Waals surface area contributed by atoms with Crippen LogP contribution >= 0.6 is 15.9 Å². The van der Waals surface area contributed by atoms with E-state index >= 15 is 0 Å². The Bertz CT molecular complexity index is 679. The van der Waals surface area contributed by atoms with Crippen molar-refractivity contribution in [2.45, 2.75) is 20.3 Å². The molecule has 2 rings (SSSR count). The van der Waals surface area contributed by atoms with E-state index in [1.165, 1.54) is 5.56 Å². The third kappa shape index (κ3) is 5.53. The van der Waals surface area contributed by atoms with Crippen molar-refractivity contribution in [1.82, 2.24) is 5.43 Å². The fourth-order valence-electron chi connectivity index (χ4n) is 1.90. The first-order valence-corrected chi connectivity index (χ1v) is 8.18. The van der Waals surface area contributed by atoms with Gasteiger partial charge in [-0.2, -0.15) is 5.10 Å². The molecular formula is C18H19BrN2O2. The SMILES string of the molecule is CCc1ccc(OCC(=O)NN=C(C)c2ccc(Br)cc2)cc1. The van der Waals surface area contributed by atoms with Crippen molar-refractivity contribution in [1.29, 1.82) is 0 Å². The van der Waals surface area contributed by atoms with Crippen molar-refractivity contribution in [3.8, 4) is 5.75 Å². The zero-order valence-electron chi connectivity index (χ0n) is 13.2. The average Bonchev–Trinajstić information content (AvgIpc) is 2.59. The number of rotatable bonds is 6. The summed E-state index contributed by atoms with van der Waals surface area (Å²) in [6.07, 6.45) is 0.977. The van der Waals surface area contributed by atoms with Crippen LogP contribution in [0.5, 0.6) is 5.75 Å². The summed E-state index contributed by atoms with van der Waals surface area (Å²) in [4.78, 5) is 11.8. The lowest BCUT2D eigenvalue weighted by atomic mass is 10.1. The van der Waals surface area contributed by atoms with E-state index in [-0.39, 0.29) is 12.5 Å². The summed E-state index contributed by atoms with van der Waals surface area (Å²) >= 11 is 3.38. The van der Waals surface area contributed by atoms with E-state index in [1.807, 2.05) is 55.5 Å². The van der Waals surface area contributed by atoms with Gasteiger partial charge in [0.2, 0.25) is 0 Å². The van der Waals surface area contributed by atoms with Crippen LogP contribution in [0.4, 0.5) is 0 Å². The number of hydrazone groups is 1. The smallest absolute Gasteiger partial charge is 0.277 e. The van der Waals surface area contributed by atoms with Gasteiger partial charge in [0.05, 0.1) is 5.71 Å². The summed E-state index contributed by atoms with van der Waals surface area (Å²) in [5.74, 6) is 0.381. The number of halogens is 1. The van der Waals surface area contributed by atoms with Crippen LogP contribution in [0.3, 0.4) is 0 Å². The molecule has 0 spiro atoms. The molecule has 23 heavy (non-hydrogen) atoms. The van der Waals surface area contributed by atoms with Gasteiger partial charge in [-0.1, -0.05) is 47.1 Å². The Kier molecular flexibility index (Phi) is 6.35. The number of nitrogens with one attached hydrogen (secondary N) is 1. The molecule has 0 aliphatic carbocycles. The maximum absolute atomic E-state index is 11.8. The van der Waals surface area contributed by atoms with Crippen LogP contribution in [0.1, 0.15) is 25.0 Å². The molecule has 1 N–H and O–H groups in total. The Morgan fingerprint density at radius 2 is 1.78 bits per heavy atom. The number of ether oxygens (including phenoxy) is 1. The minimum atomic E-state index is -0.291. The summed E-state index contributed by atoms with van der Waals surface area (Å²) in [6, 6.07) is 15.4. The molecule has 0 aromatic heterocycles. The normalized spacial score (nSPS) is 11.2. The quantitative estimate of drug-likeness (QED) is 0.614. The molecule has 1 amide bonds. The third-order valence-corrected chi connectivity index (χ3v) is 3.84. The number of carbonyl (C=O) groups is 1. The number of amides is 1. The molecular weight excluding hydrogens is 356 g/mol. The van der Waals surface area contributed by atoms with E-state index in [0.29, 0.717) is 5.75 Å². The molecule has 0 fully saturated rings. The highest BCUT2D eigenvalue weighted by atomic mass is 79.9. The summed E-state index contributed by atoms with van der Waals surface area (Å²) in [5, 5.41) is 4.09. The molecule has 0 unspecified atom stereocenters. The van der Waals surface area contributed by atoms with Gasteiger partial charge < -0.3 is 4.74 Å². The monoisotopic (exact) mass is 374 g/mol. The molecule has 4 nitrogen and oxygen atoms in total. The zero-order chi connectivity index (χ0) is 16.7. The first-order chi connectivity index (χ1) is 11.1. The Hall–Kier alpha value is -2.14. The largest absolute Gasteiger partial charge is 0.484 e. The number of hydrogen-bond acceptors (Lipinski definition) is 3. The van der Waals surface area contributed by atoms with Gasteiger partial charge in [-0.05, 0) is 48.7 Å². The van der Waals surface area contributed by atoms with Crippen molar-refractivity contribution in [2.24, 2.45) is 5.10 Å². The number of hydrogen-bond donors (Lipinski definition) is 1. The highest BCUT2D eigenvalue weighted by Gasteiger charge is 2.03. The lowest BCUT2D eigenvalue weighted by Gasteiger charge is -2.06. The molecule has 0 heterocycles. The summed E-state index contributed by atoms with van der Waals surface area (Å²) < 4.78 is 6.43. The van der Waals surface area contributed by atoms with Gasteiger partial charge in [-0.25, -0.2) is 5.43 Å². The van der Waals surface area contributed by atoms with Crippen molar-refractivity contribution >= 4 is 27.5 Å². The predicted octanol–water partition coefficient (Wildman–Crippen LogP) is 3.93. The predicted molar refractivity (Wildman–Crippen MR) is 95.8 cm³/mol. The van der Waals surface area contributed by atoms with E-state index in [1.54, 1.807) is 0 Å². The fourth-order valence-corrected chi connectivity index (χ4v) is 2.17. The molecule has 120 valence electrons. The summed E-state index contributed by atoms with van der Waals surface area (Å²) in [5.41, 5.74) is 5.42. The molecule has 5 heteroatoms. The lowest BCUT2D eigenvalue weighted by Crippen LogP contribution is -2.25. The average molecular weight is 375 g/mol. The molecule has 2 aromatic rings. The summed E-state index contributed by atoms with van der Waals surface area (Å²) in [6.45, 7) is 3.87. The molecule has 2 aromatic carbocycles. The van der Waals surface area contributed by atoms with Crippen LogP contribution in [0.2, 0.25) is 0 Å². The molecule has 0 bridgehead atoms. The van der Waals surface area contributed by atoms with Crippen LogP contribution in [0.15, 0.2) is 58.1 Å². The van der Waals surface area contributed by atoms with Crippen LogP contribution in [0, 0.1) is 0 Å². The van der Waals surface area contributed by atoms with Gasteiger partial charge in [0, 0.05) is 4.47 Å². The Balaban J connectivity index is 1.84. The number of nitrogens with zero attached hydrogens (tertiary/aromatic N) is 1. The van der Waals surface area contributed by atoms with Crippen LogP contribution in [-0.4, -0.2) is 18.2 Å². The fraction of sp³-hybridized carbons (Fsp3) is 0.222. The highest BCUT2D eigenvalue weighted by Crippen LogP contribution is 2.12. The zero-order valence-corrected chi connectivity index (χ0v) is 14.8. The Morgan fingerprint density at radius 3 is 2.39 bits per heavy atom. The second kappa shape index (κ2) is 8.48. The molecule has 0 aliphatic rings. The number of carbonyl (C=O) groups excluding carboxylic acids is 1. The third-order valence-electron chi connectivity index (χ3n) is 3.31. The van der Waals surface area contributed by atoms with E-state index < -0.39 is 0 Å². The first kappa shape index (κ1) is 17.2. The molecule has 0 saturated heterocycles. The van der Waals surface area contributed by atoms with Crippen LogP contribution in [0.25, 0.3) is 0 Å². The van der Waals surface area contributed by atoms with Crippen LogP contribution < -0.4 is 10.2 Å².